The van der Waals surface area contributed by atoms with E-state index < -0.39 is 29.9 Å². The number of rotatable bonds is 18. The first kappa shape index (κ1) is 40.6. The second-order valence-electron chi connectivity index (χ2n) is 14.5. The molecular weight excluding hydrogens is 713 g/mol. The molecular formula is C44H50N4O6S. The van der Waals surface area contributed by atoms with Gasteiger partial charge in [0.1, 0.15) is 17.5 Å². The number of carboxylic acids is 1. The van der Waals surface area contributed by atoms with Crippen LogP contribution < -0.4 is 20.1 Å². The SMILES string of the molecule is CCCCCCCOc1ccc(-c2cnc(-c3ccc(CC(NC(=O)c4ccc(C(C)(C)C)s4)C(=O)NC(C(=O)O)c4ccc(OC)cc4)cc3)nc2)cc1. The Morgan fingerprint density at radius 3 is 2.00 bits per heavy atom. The number of benzene rings is 3. The lowest BCUT2D eigenvalue weighted by Crippen LogP contribution is -2.49. The Labute approximate surface area is 327 Å². The van der Waals surface area contributed by atoms with E-state index >= 15 is 0 Å². The number of hydrogen-bond donors (Lipinski definition) is 3. The van der Waals surface area contributed by atoms with E-state index in [1.807, 2.05) is 54.6 Å². The van der Waals surface area contributed by atoms with Crippen LogP contribution in [0, 0.1) is 0 Å². The first-order chi connectivity index (χ1) is 26.4. The minimum absolute atomic E-state index is 0.114. The molecule has 2 atom stereocenters. The van der Waals surface area contributed by atoms with Gasteiger partial charge in [0.15, 0.2) is 11.9 Å². The number of aromatic nitrogens is 2. The Morgan fingerprint density at radius 1 is 0.764 bits per heavy atom. The molecule has 0 bridgehead atoms. The van der Waals surface area contributed by atoms with Crippen molar-refractivity contribution in [2.75, 3.05) is 13.7 Å². The third kappa shape index (κ3) is 11.5. The molecule has 10 nitrogen and oxygen atoms in total. The van der Waals surface area contributed by atoms with Gasteiger partial charge in [-0.2, -0.15) is 0 Å². The summed E-state index contributed by atoms with van der Waals surface area (Å²) in [7, 11) is 1.51. The highest BCUT2D eigenvalue weighted by Gasteiger charge is 2.29. The van der Waals surface area contributed by atoms with Gasteiger partial charge in [0.2, 0.25) is 5.91 Å². The summed E-state index contributed by atoms with van der Waals surface area (Å²) in [6, 6.07) is 23.0. The summed E-state index contributed by atoms with van der Waals surface area (Å²) in [5.74, 6) is -0.343. The first-order valence-corrected chi connectivity index (χ1v) is 19.5. The van der Waals surface area contributed by atoms with Gasteiger partial charge in [0.05, 0.1) is 18.6 Å². The van der Waals surface area contributed by atoms with Crippen molar-refractivity contribution < 1.29 is 29.0 Å². The maximum Gasteiger partial charge on any atom is 0.330 e. The molecule has 2 heterocycles. The summed E-state index contributed by atoms with van der Waals surface area (Å²) in [4.78, 5) is 50.3. The molecule has 5 aromatic rings. The molecule has 0 aliphatic rings. The summed E-state index contributed by atoms with van der Waals surface area (Å²) in [6.07, 6.45) is 9.66. The Hall–Kier alpha value is -5.55. The second-order valence-corrected chi connectivity index (χ2v) is 15.6. The molecule has 288 valence electrons. The average molecular weight is 763 g/mol. The number of ether oxygens (including phenoxy) is 2. The van der Waals surface area contributed by atoms with Crippen molar-refractivity contribution >= 4 is 29.1 Å². The highest BCUT2D eigenvalue weighted by Crippen LogP contribution is 2.30. The molecule has 11 heteroatoms. The van der Waals surface area contributed by atoms with E-state index in [2.05, 4.69) is 48.3 Å². The number of nitrogens with one attached hydrogen (secondary N) is 2. The van der Waals surface area contributed by atoms with E-state index in [9.17, 15) is 19.5 Å². The predicted octanol–water partition coefficient (Wildman–Crippen LogP) is 8.81. The van der Waals surface area contributed by atoms with E-state index in [4.69, 9.17) is 9.47 Å². The van der Waals surface area contributed by atoms with E-state index in [0.717, 1.165) is 39.3 Å². The number of nitrogens with zero attached hydrogens (tertiary/aromatic N) is 2. The monoisotopic (exact) mass is 762 g/mol. The van der Waals surface area contributed by atoms with Crippen molar-refractivity contribution in [1.29, 1.82) is 0 Å². The molecule has 2 aromatic heterocycles. The van der Waals surface area contributed by atoms with Crippen LogP contribution in [0.15, 0.2) is 97.3 Å². The maximum absolute atomic E-state index is 13.8. The van der Waals surface area contributed by atoms with Crippen LogP contribution in [0.2, 0.25) is 0 Å². The van der Waals surface area contributed by atoms with Crippen molar-refractivity contribution in [3.8, 4) is 34.0 Å². The van der Waals surface area contributed by atoms with Gasteiger partial charge in [-0.15, -0.1) is 11.3 Å². The molecule has 2 unspecified atom stereocenters. The smallest absolute Gasteiger partial charge is 0.330 e. The fourth-order valence-corrected chi connectivity index (χ4v) is 6.89. The van der Waals surface area contributed by atoms with Crippen molar-refractivity contribution in [2.45, 2.75) is 83.7 Å². The number of carbonyl (C=O) groups excluding carboxylic acids is 2. The molecule has 0 spiro atoms. The minimum Gasteiger partial charge on any atom is -0.497 e. The minimum atomic E-state index is -1.34. The summed E-state index contributed by atoms with van der Waals surface area (Å²) in [5.41, 5.74) is 3.61. The first-order valence-electron chi connectivity index (χ1n) is 18.7. The number of unbranched alkanes of at least 4 members (excludes halogenated alkanes) is 4. The number of methoxy groups -OCH3 is 1. The average Bonchev–Trinajstić information content (AvgIpc) is 3.71. The molecule has 3 N–H and O–H groups in total. The summed E-state index contributed by atoms with van der Waals surface area (Å²) in [5, 5.41) is 15.6. The number of hydrogen-bond acceptors (Lipinski definition) is 8. The zero-order chi connectivity index (χ0) is 39.4. The third-order valence-electron chi connectivity index (χ3n) is 9.18. The molecule has 0 saturated carbocycles. The van der Waals surface area contributed by atoms with Crippen LogP contribution in [0.1, 0.15) is 91.5 Å². The van der Waals surface area contributed by atoms with Gasteiger partial charge in [-0.3, -0.25) is 9.59 Å². The summed E-state index contributed by atoms with van der Waals surface area (Å²) in [6.45, 7) is 9.12. The van der Waals surface area contributed by atoms with Crippen LogP contribution in [0.5, 0.6) is 11.5 Å². The molecule has 55 heavy (non-hydrogen) atoms. The molecule has 5 rings (SSSR count). The fraction of sp³-hybridized carbons (Fsp3) is 0.341. The summed E-state index contributed by atoms with van der Waals surface area (Å²) < 4.78 is 11.1. The maximum atomic E-state index is 13.8. The van der Waals surface area contributed by atoms with Crippen molar-refractivity contribution in [3.05, 3.63) is 118 Å². The lowest BCUT2D eigenvalue weighted by Gasteiger charge is -2.22. The topological polar surface area (TPSA) is 140 Å². The number of thiophene rings is 1. The standard InChI is InChI=1S/C44H50N4O6S/c1-6-7-8-9-10-25-54-35-21-15-30(16-22-35)33-27-45-40(46-28-33)32-13-11-29(12-14-32)26-36(47-42(50)37-23-24-38(55-37)44(2,3)4)41(49)48-39(43(51)52)31-17-19-34(53-5)20-18-31/h11-24,27-28,36,39H,6-10,25-26H2,1-5H3,(H,47,50)(H,48,49)(H,51,52). The van der Waals surface area contributed by atoms with Crippen LogP contribution in [0.4, 0.5) is 0 Å². The van der Waals surface area contributed by atoms with Crippen LogP contribution in [0.3, 0.4) is 0 Å². The molecule has 0 aliphatic heterocycles. The highest BCUT2D eigenvalue weighted by atomic mass is 32.1. The molecule has 0 aliphatic carbocycles. The fourth-order valence-electron chi connectivity index (χ4n) is 5.92. The molecule has 3 aromatic carbocycles. The van der Waals surface area contributed by atoms with E-state index in [1.54, 1.807) is 42.7 Å². The summed E-state index contributed by atoms with van der Waals surface area (Å²) >= 11 is 1.36. The van der Waals surface area contributed by atoms with Crippen LogP contribution >= 0.6 is 11.3 Å². The Kier molecular flexibility index (Phi) is 14.2. The van der Waals surface area contributed by atoms with E-state index in [0.29, 0.717) is 28.6 Å². The van der Waals surface area contributed by atoms with Gasteiger partial charge < -0.3 is 25.2 Å². The Morgan fingerprint density at radius 2 is 1.40 bits per heavy atom. The molecule has 0 radical (unpaired) electrons. The Balaban J connectivity index is 1.27. The Bertz CT molecular complexity index is 2000. The van der Waals surface area contributed by atoms with Crippen LogP contribution in [-0.2, 0) is 21.4 Å². The lowest BCUT2D eigenvalue weighted by atomic mass is 9.95. The zero-order valence-electron chi connectivity index (χ0n) is 32.1. The van der Waals surface area contributed by atoms with Gasteiger partial charge >= 0.3 is 5.97 Å². The van der Waals surface area contributed by atoms with Crippen LogP contribution in [0.25, 0.3) is 22.5 Å². The quantitative estimate of drug-likeness (QED) is 0.0753. The third-order valence-corrected chi connectivity index (χ3v) is 10.7. The van der Waals surface area contributed by atoms with Crippen molar-refractivity contribution in [1.82, 2.24) is 20.6 Å². The van der Waals surface area contributed by atoms with Gasteiger partial charge in [0, 0.05) is 34.8 Å². The van der Waals surface area contributed by atoms with Crippen molar-refractivity contribution in [2.24, 2.45) is 0 Å². The van der Waals surface area contributed by atoms with Gasteiger partial charge in [-0.05, 0) is 64.9 Å². The highest BCUT2D eigenvalue weighted by molar-refractivity contribution is 7.14. The second kappa shape index (κ2) is 19.2. The van der Waals surface area contributed by atoms with Gasteiger partial charge in [-0.1, -0.05) is 102 Å². The molecule has 0 saturated heterocycles. The van der Waals surface area contributed by atoms with Crippen molar-refractivity contribution in [3.63, 3.8) is 0 Å². The molecule has 0 fully saturated rings. The number of carbonyl (C=O) groups is 3. The zero-order valence-corrected chi connectivity index (χ0v) is 32.9. The predicted molar refractivity (Wildman–Crippen MR) is 217 cm³/mol. The lowest BCUT2D eigenvalue weighted by molar-refractivity contribution is -0.142. The van der Waals surface area contributed by atoms with Gasteiger partial charge in [-0.25, -0.2) is 14.8 Å². The number of amides is 2. The van der Waals surface area contributed by atoms with Gasteiger partial charge in [0.25, 0.3) is 5.91 Å². The normalized spacial score (nSPS) is 12.4. The number of aliphatic carboxylic acids is 1. The van der Waals surface area contributed by atoms with E-state index in [-0.39, 0.29) is 11.8 Å². The largest absolute Gasteiger partial charge is 0.497 e. The van der Waals surface area contributed by atoms with Crippen LogP contribution in [-0.4, -0.2) is 52.6 Å². The van der Waals surface area contributed by atoms with E-state index in [1.165, 1.54) is 44.1 Å². The molecule has 2 amide bonds. The number of carboxylic acid groups (broad SMARTS) is 1.